The van der Waals surface area contributed by atoms with Crippen LogP contribution in [0.25, 0.3) is 6.08 Å². The van der Waals surface area contributed by atoms with Crippen LogP contribution in [0.3, 0.4) is 0 Å². The van der Waals surface area contributed by atoms with Crippen molar-refractivity contribution in [1.29, 1.82) is 0 Å². The topological polar surface area (TPSA) is 52.6 Å². The minimum Gasteiger partial charge on any atom is -0.492 e. The maximum atomic E-state index is 11.6. The van der Waals surface area contributed by atoms with E-state index in [0.29, 0.717) is 24.3 Å². The molecule has 0 aliphatic carbocycles. The van der Waals surface area contributed by atoms with E-state index in [1.54, 1.807) is 24.3 Å². The average molecular weight is 232 g/mol. The SMILES string of the molecule is COC(=O)C=Cc1ccc2c(c1)C(=O)CCO2. The fourth-order valence-electron chi connectivity index (χ4n) is 1.62. The molecule has 1 aromatic carbocycles. The zero-order valence-corrected chi connectivity index (χ0v) is 9.43. The fraction of sp³-hybridized carbons (Fsp3) is 0.231. The van der Waals surface area contributed by atoms with Crippen molar-refractivity contribution >= 4 is 17.8 Å². The number of esters is 1. The number of hydrogen-bond acceptors (Lipinski definition) is 4. The summed E-state index contributed by atoms with van der Waals surface area (Å²) in [5.41, 5.74) is 1.34. The van der Waals surface area contributed by atoms with Crippen molar-refractivity contribution in [2.45, 2.75) is 6.42 Å². The number of ether oxygens (including phenoxy) is 2. The maximum Gasteiger partial charge on any atom is 0.330 e. The van der Waals surface area contributed by atoms with Gasteiger partial charge in [0, 0.05) is 12.5 Å². The molecule has 0 saturated heterocycles. The maximum absolute atomic E-state index is 11.6. The number of hydrogen-bond donors (Lipinski definition) is 0. The molecule has 0 saturated carbocycles. The van der Waals surface area contributed by atoms with Gasteiger partial charge in [-0.2, -0.15) is 0 Å². The molecular formula is C13H12O4. The Morgan fingerprint density at radius 1 is 1.47 bits per heavy atom. The highest BCUT2D eigenvalue weighted by Crippen LogP contribution is 2.25. The summed E-state index contributed by atoms with van der Waals surface area (Å²) in [4.78, 5) is 22.6. The molecule has 0 N–H and O–H groups in total. The third kappa shape index (κ3) is 2.53. The van der Waals surface area contributed by atoms with E-state index in [9.17, 15) is 9.59 Å². The number of methoxy groups -OCH3 is 1. The van der Waals surface area contributed by atoms with Crippen LogP contribution < -0.4 is 4.74 Å². The third-order valence-corrected chi connectivity index (χ3v) is 2.50. The second kappa shape index (κ2) is 4.82. The minimum atomic E-state index is -0.426. The van der Waals surface area contributed by atoms with Crippen LogP contribution in [-0.2, 0) is 9.53 Å². The van der Waals surface area contributed by atoms with Crippen LogP contribution >= 0.6 is 0 Å². The van der Waals surface area contributed by atoms with E-state index in [2.05, 4.69) is 4.74 Å². The molecule has 0 unspecified atom stereocenters. The Kier molecular flexibility index (Phi) is 3.23. The highest BCUT2D eigenvalue weighted by molar-refractivity contribution is 6.00. The van der Waals surface area contributed by atoms with Crippen LogP contribution in [0.5, 0.6) is 5.75 Å². The van der Waals surface area contributed by atoms with E-state index >= 15 is 0 Å². The number of carbonyl (C=O) groups is 2. The van der Waals surface area contributed by atoms with E-state index in [0.717, 1.165) is 5.56 Å². The lowest BCUT2D eigenvalue weighted by Gasteiger charge is -2.16. The standard InChI is InChI=1S/C13H12O4/c1-16-13(15)5-3-9-2-4-12-10(8-9)11(14)6-7-17-12/h2-5,8H,6-7H2,1H3. The van der Waals surface area contributed by atoms with E-state index in [4.69, 9.17) is 4.74 Å². The smallest absolute Gasteiger partial charge is 0.330 e. The second-order valence-corrected chi connectivity index (χ2v) is 3.63. The number of ketones is 1. The first-order valence-corrected chi connectivity index (χ1v) is 5.27. The Balaban J connectivity index is 2.26. The van der Waals surface area contributed by atoms with Crippen molar-refractivity contribution in [3.63, 3.8) is 0 Å². The number of carbonyl (C=O) groups excluding carboxylic acids is 2. The first-order valence-electron chi connectivity index (χ1n) is 5.27. The lowest BCUT2D eigenvalue weighted by atomic mass is 10.0. The molecular weight excluding hydrogens is 220 g/mol. The van der Waals surface area contributed by atoms with Crippen molar-refractivity contribution in [3.8, 4) is 5.75 Å². The number of benzene rings is 1. The first kappa shape index (κ1) is 11.4. The van der Waals surface area contributed by atoms with Crippen molar-refractivity contribution in [2.75, 3.05) is 13.7 Å². The Bertz CT molecular complexity index is 488. The van der Waals surface area contributed by atoms with Crippen LogP contribution in [-0.4, -0.2) is 25.5 Å². The zero-order valence-electron chi connectivity index (χ0n) is 9.43. The number of fused-ring (bicyclic) bond motifs is 1. The first-order chi connectivity index (χ1) is 8.20. The number of rotatable bonds is 2. The van der Waals surface area contributed by atoms with Crippen molar-refractivity contribution in [3.05, 3.63) is 35.4 Å². The van der Waals surface area contributed by atoms with E-state index in [1.807, 2.05) is 0 Å². The normalized spacial score (nSPS) is 14.3. The van der Waals surface area contributed by atoms with Crippen molar-refractivity contribution in [1.82, 2.24) is 0 Å². The molecule has 0 radical (unpaired) electrons. The molecule has 1 aromatic rings. The molecule has 0 bridgehead atoms. The molecule has 1 aliphatic heterocycles. The van der Waals surface area contributed by atoms with Gasteiger partial charge in [0.15, 0.2) is 5.78 Å². The summed E-state index contributed by atoms with van der Waals surface area (Å²) in [6.45, 7) is 0.434. The van der Waals surface area contributed by atoms with Gasteiger partial charge in [0.05, 0.1) is 19.3 Å². The van der Waals surface area contributed by atoms with Gasteiger partial charge in [0.2, 0.25) is 0 Å². The summed E-state index contributed by atoms with van der Waals surface area (Å²) in [6, 6.07) is 5.25. The highest BCUT2D eigenvalue weighted by Gasteiger charge is 2.17. The monoisotopic (exact) mass is 232 g/mol. The molecule has 4 heteroatoms. The van der Waals surface area contributed by atoms with Gasteiger partial charge >= 0.3 is 5.97 Å². The van der Waals surface area contributed by atoms with Crippen LogP contribution in [0.15, 0.2) is 24.3 Å². The summed E-state index contributed by atoms with van der Waals surface area (Å²) in [7, 11) is 1.32. The summed E-state index contributed by atoms with van der Waals surface area (Å²) >= 11 is 0. The summed E-state index contributed by atoms with van der Waals surface area (Å²) in [5, 5.41) is 0. The fourth-order valence-corrected chi connectivity index (χ4v) is 1.62. The second-order valence-electron chi connectivity index (χ2n) is 3.63. The Hall–Kier alpha value is -2.10. The predicted octanol–water partition coefficient (Wildman–Crippen LogP) is 1.84. The molecule has 0 spiro atoms. The van der Waals surface area contributed by atoms with Gasteiger partial charge in [-0.25, -0.2) is 4.79 Å². The minimum absolute atomic E-state index is 0.0690. The van der Waals surface area contributed by atoms with Crippen LogP contribution in [0.2, 0.25) is 0 Å². The molecule has 0 amide bonds. The Morgan fingerprint density at radius 2 is 2.29 bits per heavy atom. The molecule has 88 valence electrons. The lowest BCUT2D eigenvalue weighted by Crippen LogP contribution is -2.15. The summed E-state index contributed by atoms with van der Waals surface area (Å²) in [5.74, 6) is 0.251. The molecule has 4 nitrogen and oxygen atoms in total. The molecule has 0 fully saturated rings. The van der Waals surface area contributed by atoms with E-state index in [-0.39, 0.29) is 5.78 Å². The van der Waals surface area contributed by atoms with E-state index < -0.39 is 5.97 Å². The Morgan fingerprint density at radius 3 is 3.06 bits per heavy atom. The van der Waals surface area contributed by atoms with Crippen molar-refractivity contribution < 1.29 is 19.1 Å². The van der Waals surface area contributed by atoms with Crippen molar-refractivity contribution in [2.24, 2.45) is 0 Å². The number of Topliss-reactive ketones (excluding diaryl/α,β-unsaturated/α-hetero) is 1. The quantitative estimate of drug-likeness (QED) is 0.576. The molecule has 0 aromatic heterocycles. The lowest BCUT2D eigenvalue weighted by molar-refractivity contribution is -0.134. The van der Waals surface area contributed by atoms with Gasteiger partial charge < -0.3 is 9.47 Å². The highest BCUT2D eigenvalue weighted by atomic mass is 16.5. The van der Waals surface area contributed by atoms with Crippen LogP contribution in [0, 0.1) is 0 Å². The largest absolute Gasteiger partial charge is 0.492 e. The van der Waals surface area contributed by atoms with Gasteiger partial charge in [-0.15, -0.1) is 0 Å². The van der Waals surface area contributed by atoms with Crippen LogP contribution in [0.1, 0.15) is 22.3 Å². The predicted molar refractivity (Wildman–Crippen MR) is 61.9 cm³/mol. The summed E-state index contributed by atoms with van der Waals surface area (Å²) in [6.07, 6.45) is 3.32. The third-order valence-electron chi connectivity index (χ3n) is 2.50. The molecule has 1 heterocycles. The molecule has 1 aliphatic rings. The molecule has 0 atom stereocenters. The Labute approximate surface area is 98.8 Å². The van der Waals surface area contributed by atoms with Gasteiger partial charge in [0.1, 0.15) is 5.75 Å². The van der Waals surface area contributed by atoms with Gasteiger partial charge in [-0.3, -0.25) is 4.79 Å². The van der Waals surface area contributed by atoms with E-state index in [1.165, 1.54) is 13.2 Å². The molecule has 17 heavy (non-hydrogen) atoms. The summed E-state index contributed by atoms with van der Waals surface area (Å²) < 4.78 is 9.85. The molecule has 2 rings (SSSR count). The average Bonchev–Trinajstić information content (AvgIpc) is 2.36. The van der Waals surface area contributed by atoms with Gasteiger partial charge in [-0.1, -0.05) is 6.07 Å². The zero-order chi connectivity index (χ0) is 12.3. The van der Waals surface area contributed by atoms with Gasteiger partial charge in [-0.05, 0) is 23.8 Å². The van der Waals surface area contributed by atoms with Gasteiger partial charge in [0.25, 0.3) is 0 Å². The van der Waals surface area contributed by atoms with Crippen LogP contribution in [0.4, 0.5) is 0 Å².